The van der Waals surface area contributed by atoms with E-state index in [2.05, 4.69) is 19.2 Å². The Hall–Kier alpha value is -2.73. The maximum absolute atomic E-state index is 12.3. The summed E-state index contributed by atoms with van der Waals surface area (Å²) in [6.07, 6.45) is 0.944. The average molecular weight is 391 g/mol. The lowest BCUT2D eigenvalue weighted by Gasteiger charge is -2.16. The number of carbonyl (C=O) groups excluding carboxylic acids is 2. The predicted octanol–water partition coefficient (Wildman–Crippen LogP) is 4.24. The van der Waals surface area contributed by atoms with Gasteiger partial charge < -0.3 is 20.5 Å². The van der Waals surface area contributed by atoms with Crippen LogP contribution in [0.5, 0.6) is 5.75 Å². The van der Waals surface area contributed by atoms with Gasteiger partial charge in [-0.2, -0.15) is 0 Å². The first kappa shape index (κ1) is 20.6. The Morgan fingerprint density at radius 1 is 1.26 bits per heavy atom. The molecule has 0 fully saturated rings. The number of para-hydroxylation sites is 1. The van der Waals surface area contributed by atoms with Gasteiger partial charge in [0.2, 0.25) is 0 Å². The van der Waals surface area contributed by atoms with E-state index in [1.54, 1.807) is 0 Å². The standard InChI is InChI=1S/C20H23ClN2O4/c1-4-12(2)13-7-5-6-8-17(13)23-19(24)11-27-20(25)14-9-15(21)16(22)10-18(14)26-3/h5-10,12H,4,11,22H2,1-3H3,(H,23,24)/t12-/m1/s1. The van der Waals surface area contributed by atoms with Crippen LogP contribution in [0.3, 0.4) is 0 Å². The number of amides is 1. The summed E-state index contributed by atoms with van der Waals surface area (Å²) in [5, 5.41) is 2.99. The van der Waals surface area contributed by atoms with Crippen LogP contribution in [0, 0.1) is 0 Å². The molecule has 0 radical (unpaired) electrons. The maximum atomic E-state index is 12.3. The first-order chi connectivity index (χ1) is 12.9. The zero-order chi connectivity index (χ0) is 20.0. The summed E-state index contributed by atoms with van der Waals surface area (Å²) in [5.74, 6) is -0.631. The summed E-state index contributed by atoms with van der Waals surface area (Å²) in [6.45, 7) is 3.73. The average Bonchev–Trinajstić information content (AvgIpc) is 2.67. The lowest BCUT2D eigenvalue weighted by atomic mass is 9.97. The number of methoxy groups -OCH3 is 1. The van der Waals surface area contributed by atoms with Crippen LogP contribution in [0.4, 0.5) is 11.4 Å². The van der Waals surface area contributed by atoms with Gasteiger partial charge in [-0.25, -0.2) is 4.79 Å². The molecule has 6 nitrogen and oxygen atoms in total. The van der Waals surface area contributed by atoms with Gasteiger partial charge in [-0.1, -0.05) is 43.6 Å². The lowest BCUT2D eigenvalue weighted by molar-refractivity contribution is -0.119. The molecule has 2 aromatic carbocycles. The van der Waals surface area contributed by atoms with Gasteiger partial charge in [0.05, 0.1) is 17.8 Å². The van der Waals surface area contributed by atoms with Crippen molar-refractivity contribution in [3.63, 3.8) is 0 Å². The monoisotopic (exact) mass is 390 g/mol. The molecule has 1 atom stereocenters. The highest BCUT2D eigenvalue weighted by Gasteiger charge is 2.18. The Balaban J connectivity index is 2.05. The fourth-order valence-electron chi connectivity index (χ4n) is 2.55. The molecule has 2 aromatic rings. The Morgan fingerprint density at radius 2 is 1.96 bits per heavy atom. The van der Waals surface area contributed by atoms with Crippen LogP contribution in [0.15, 0.2) is 36.4 Å². The highest BCUT2D eigenvalue weighted by atomic mass is 35.5. The highest BCUT2D eigenvalue weighted by Crippen LogP contribution is 2.29. The molecular weight excluding hydrogens is 368 g/mol. The third kappa shape index (κ3) is 5.14. The molecular formula is C20H23ClN2O4. The molecule has 0 spiro atoms. The van der Waals surface area contributed by atoms with Crippen LogP contribution in [0.2, 0.25) is 5.02 Å². The minimum atomic E-state index is -0.723. The Labute approximate surface area is 163 Å². The zero-order valence-corrected chi connectivity index (χ0v) is 16.3. The SMILES string of the molecule is CC[C@@H](C)c1ccccc1NC(=O)COC(=O)c1cc(Cl)c(N)cc1OC. The Bertz CT molecular complexity index is 839. The molecule has 0 saturated heterocycles. The van der Waals surface area contributed by atoms with Crippen LogP contribution in [0.25, 0.3) is 0 Å². The summed E-state index contributed by atoms with van der Waals surface area (Å²) in [4.78, 5) is 24.5. The van der Waals surface area contributed by atoms with Crippen molar-refractivity contribution in [3.8, 4) is 5.75 Å². The molecule has 0 aromatic heterocycles. The van der Waals surface area contributed by atoms with Crippen molar-refractivity contribution in [2.75, 3.05) is 24.8 Å². The molecule has 27 heavy (non-hydrogen) atoms. The number of rotatable bonds is 7. The minimum absolute atomic E-state index is 0.101. The van der Waals surface area contributed by atoms with E-state index in [9.17, 15) is 9.59 Å². The predicted molar refractivity (Wildman–Crippen MR) is 106 cm³/mol. The van der Waals surface area contributed by atoms with Gasteiger partial charge in [0, 0.05) is 11.8 Å². The molecule has 1 amide bonds. The summed E-state index contributed by atoms with van der Waals surface area (Å²) in [6, 6.07) is 10.3. The number of hydrogen-bond donors (Lipinski definition) is 2. The first-order valence-electron chi connectivity index (χ1n) is 8.56. The van der Waals surface area contributed by atoms with Gasteiger partial charge in [-0.15, -0.1) is 0 Å². The van der Waals surface area contributed by atoms with Crippen molar-refractivity contribution in [2.24, 2.45) is 0 Å². The Morgan fingerprint density at radius 3 is 2.63 bits per heavy atom. The number of carbonyl (C=O) groups is 2. The fourth-order valence-corrected chi connectivity index (χ4v) is 2.72. The second-order valence-electron chi connectivity index (χ2n) is 6.09. The third-order valence-electron chi connectivity index (χ3n) is 4.25. The van der Waals surface area contributed by atoms with Crippen molar-refractivity contribution >= 4 is 34.9 Å². The van der Waals surface area contributed by atoms with Gasteiger partial charge >= 0.3 is 5.97 Å². The van der Waals surface area contributed by atoms with E-state index in [0.717, 1.165) is 12.0 Å². The molecule has 0 saturated carbocycles. The molecule has 3 N–H and O–H groups in total. The summed E-state index contributed by atoms with van der Waals surface area (Å²) >= 11 is 5.95. The molecule has 2 rings (SSSR count). The van der Waals surface area contributed by atoms with Gasteiger partial charge in [0.1, 0.15) is 11.3 Å². The molecule has 0 aliphatic carbocycles. The van der Waals surface area contributed by atoms with Gasteiger partial charge in [-0.05, 0) is 30.0 Å². The number of nitrogen functional groups attached to an aromatic ring is 1. The topological polar surface area (TPSA) is 90.7 Å². The molecule has 144 valence electrons. The van der Waals surface area contributed by atoms with E-state index in [1.165, 1.54) is 19.2 Å². The van der Waals surface area contributed by atoms with Crippen molar-refractivity contribution in [1.29, 1.82) is 0 Å². The van der Waals surface area contributed by atoms with E-state index in [-0.39, 0.29) is 22.0 Å². The van der Waals surface area contributed by atoms with Crippen molar-refractivity contribution in [1.82, 2.24) is 0 Å². The first-order valence-corrected chi connectivity index (χ1v) is 8.94. The zero-order valence-electron chi connectivity index (χ0n) is 15.5. The molecule has 7 heteroatoms. The van der Waals surface area contributed by atoms with E-state index in [4.69, 9.17) is 26.8 Å². The largest absolute Gasteiger partial charge is 0.496 e. The number of nitrogens with one attached hydrogen (secondary N) is 1. The van der Waals surface area contributed by atoms with E-state index in [0.29, 0.717) is 11.6 Å². The summed E-state index contributed by atoms with van der Waals surface area (Å²) < 4.78 is 10.2. The fraction of sp³-hybridized carbons (Fsp3) is 0.300. The number of hydrogen-bond acceptors (Lipinski definition) is 5. The number of ether oxygens (including phenoxy) is 2. The van der Waals surface area contributed by atoms with Gasteiger partial charge in [0.25, 0.3) is 5.91 Å². The summed E-state index contributed by atoms with van der Waals surface area (Å²) in [7, 11) is 1.40. The number of benzene rings is 2. The quantitative estimate of drug-likeness (QED) is 0.545. The Kier molecular flexibility index (Phi) is 7.07. The molecule has 0 unspecified atom stereocenters. The molecule has 0 aliphatic heterocycles. The number of halogens is 1. The van der Waals surface area contributed by atoms with Gasteiger partial charge in [0.15, 0.2) is 6.61 Å². The van der Waals surface area contributed by atoms with E-state index >= 15 is 0 Å². The summed E-state index contributed by atoms with van der Waals surface area (Å²) in [5.41, 5.74) is 7.82. The second-order valence-corrected chi connectivity index (χ2v) is 6.50. The molecule has 0 aliphatic rings. The minimum Gasteiger partial charge on any atom is -0.496 e. The molecule has 0 bridgehead atoms. The highest BCUT2D eigenvalue weighted by molar-refractivity contribution is 6.33. The smallest absolute Gasteiger partial charge is 0.342 e. The van der Waals surface area contributed by atoms with Crippen LogP contribution >= 0.6 is 11.6 Å². The van der Waals surface area contributed by atoms with E-state index < -0.39 is 18.5 Å². The maximum Gasteiger partial charge on any atom is 0.342 e. The van der Waals surface area contributed by atoms with E-state index in [1.807, 2.05) is 24.3 Å². The lowest BCUT2D eigenvalue weighted by Crippen LogP contribution is -2.22. The van der Waals surface area contributed by atoms with Gasteiger partial charge in [-0.3, -0.25) is 4.79 Å². The van der Waals surface area contributed by atoms with Crippen LogP contribution in [0.1, 0.15) is 42.1 Å². The van der Waals surface area contributed by atoms with Crippen molar-refractivity contribution in [3.05, 3.63) is 52.5 Å². The number of esters is 1. The van der Waals surface area contributed by atoms with Crippen molar-refractivity contribution < 1.29 is 19.1 Å². The molecule has 0 heterocycles. The normalized spacial score (nSPS) is 11.6. The van der Waals surface area contributed by atoms with Crippen LogP contribution in [-0.2, 0) is 9.53 Å². The van der Waals surface area contributed by atoms with Crippen LogP contribution < -0.4 is 15.8 Å². The van der Waals surface area contributed by atoms with Crippen LogP contribution in [-0.4, -0.2) is 25.6 Å². The number of nitrogens with two attached hydrogens (primary N) is 1. The van der Waals surface area contributed by atoms with Crippen molar-refractivity contribution in [2.45, 2.75) is 26.2 Å². The third-order valence-corrected chi connectivity index (χ3v) is 4.58. The number of anilines is 2. The second kappa shape index (κ2) is 9.28.